The highest BCUT2D eigenvalue weighted by Gasteiger charge is 2.38. The third-order valence-electron chi connectivity index (χ3n) is 5.03. The van der Waals surface area contributed by atoms with Gasteiger partial charge in [-0.1, -0.05) is 18.7 Å². The van der Waals surface area contributed by atoms with Gasteiger partial charge in [0.15, 0.2) is 5.69 Å². The van der Waals surface area contributed by atoms with Gasteiger partial charge >= 0.3 is 0 Å². The second-order valence-corrected chi connectivity index (χ2v) is 7.40. The first-order valence-electron chi connectivity index (χ1n) is 9.34. The topological polar surface area (TPSA) is 67.2 Å². The lowest BCUT2D eigenvalue weighted by atomic mass is 9.94. The lowest BCUT2D eigenvalue weighted by molar-refractivity contribution is -0.117. The predicted octanol–water partition coefficient (Wildman–Crippen LogP) is 2.82. The molecule has 3 rings (SSSR count). The van der Waals surface area contributed by atoms with Crippen LogP contribution in [0.15, 0.2) is 43.0 Å². The summed E-state index contributed by atoms with van der Waals surface area (Å²) in [5, 5.41) is 7.30. The van der Waals surface area contributed by atoms with Gasteiger partial charge in [0, 0.05) is 30.7 Å². The molecule has 0 bridgehead atoms. The molecule has 0 aliphatic carbocycles. The third kappa shape index (κ3) is 3.98. The van der Waals surface area contributed by atoms with Crippen molar-refractivity contribution in [3.63, 3.8) is 0 Å². The van der Waals surface area contributed by atoms with E-state index >= 15 is 0 Å². The Hall–Kier alpha value is -2.96. The lowest BCUT2D eigenvalue weighted by Crippen LogP contribution is -2.39. The number of aryl methyl sites for hydroxylation is 1. The Labute approximate surface area is 164 Å². The number of hydrogen-bond acceptors (Lipinski definition) is 3. The molecule has 2 amide bonds. The first-order valence-corrected chi connectivity index (χ1v) is 9.34. The minimum atomic E-state index is -0.345. The van der Waals surface area contributed by atoms with Gasteiger partial charge in [-0.3, -0.25) is 14.3 Å². The fourth-order valence-electron chi connectivity index (χ4n) is 3.71. The number of carbonyl (C=O) groups is 2. The summed E-state index contributed by atoms with van der Waals surface area (Å²) in [5.41, 5.74) is 2.03. The van der Waals surface area contributed by atoms with Gasteiger partial charge < -0.3 is 10.2 Å². The molecule has 0 spiro atoms. The first kappa shape index (κ1) is 19.8. The van der Waals surface area contributed by atoms with Crippen molar-refractivity contribution >= 4 is 11.8 Å². The maximum atomic E-state index is 13.7. The lowest BCUT2D eigenvalue weighted by Gasteiger charge is -2.19. The summed E-state index contributed by atoms with van der Waals surface area (Å²) >= 11 is 0. The van der Waals surface area contributed by atoms with Gasteiger partial charge in [0.1, 0.15) is 5.82 Å². The minimum absolute atomic E-state index is 0.153. The molecule has 7 heteroatoms. The number of benzene rings is 1. The standard InChI is InChI=1S/C21H25FN4O2/c1-5-20(27)23-19-12-25(11-17(19)15-7-6-8-16(22)10-15)21(28)18-9-14(4)26(24-18)13(2)3/h5-10,13,17,19H,1,11-12H2,2-4H3,(H,23,27)/t17-,19+/m0/s1. The van der Waals surface area contributed by atoms with Gasteiger partial charge in [-0.2, -0.15) is 5.10 Å². The maximum absolute atomic E-state index is 13.7. The van der Waals surface area contributed by atoms with Crippen LogP contribution in [0.5, 0.6) is 0 Å². The number of nitrogens with one attached hydrogen (secondary N) is 1. The molecule has 0 unspecified atom stereocenters. The summed E-state index contributed by atoms with van der Waals surface area (Å²) in [4.78, 5) is 26.5. The van der Waals surface area contributed by atoms with Crippen LogP contribution < -0.4 is 5.32 Å². The van der Waals surface area contributed by atoms with Crippen molar-refractivity contribution in [2.24, 2.45) is 0 Å². The van der Waals surface area contributed by atoms with Crippen molar-refractivity contribution in [2.75, 3.05) is 13.1 Å². The fraction of sp³-hybridized carbons (Fsp3) is 0.381. The van der Waals surface area contributed by atoms with E-state index in [1.807, 2.05) is 31.5 Å². The number of carbonyl (C=O) groups excluding carboxylic acids is 2. The Morgan fingerprint density at radius 1 is 1.32 bits per heavy atom. The highest BCUT2D eigenvalue weighted by molar-refractivity contribution is 5.93. The fourth-order valence-corrected chi connectivity index (χ4v) is 3.71. The quantitative estimate of drug-likeness (QED) is 0.806. The second kappa shape index (κ2) is 7.96. The molecule has 0 radical (unpaired) electrons. The molecule has 2 aromatic rings. The highest BCUT2D eigenvalue weighted by atomic mass is 19.1. The molecule has 28 heavy (non-hydrogen) atoms. The van der Waals surface area contributed by atoms with E-state index in [9.17, 15) is 14.0 Å². The second-order valence-electron chi connectivity index (χ2n) is 7.40. The van der Waals surface area contributed by atoms with E-state index in [2.05, 4.69) is 17.0 Å². The zero-order chi connectivity index (χ0) is 20.4. The van der Waals surface area contributed by atoms with Crippen LogP contribution in [0.2, 0.25) is 0 Å². The maximum Gasteiger partial charge on any atom is 0.274 e. The predicted molar refractivity (Wildman–Crippen MR) is 105 cm³/mol. The summed E-state index contributed by atoms with van der Waals surface area (Å²) in [6, 6.07) is 7.87. The molecule has 1 saturated heterocycles. The number of nitrogens with zero attached hydrogens (tertiary/aromatic N) is 3. The molecule has 2 atom stereocenters. The van der Waals surface area contributed by atoms with Crippen LogP contribution in [0, 0.1) is 12.7 Å². The van der Waals surface area contributed by atoms with E-state index in [1.165, 1.54) is 18.2 Å². The Morgan fingerprint density at radius 2 is 2.07 bits per heavy atom. The van der Waals surface area contributed by atoms with E-state index in [1.54, 1.807) is 17.0 Å². The Balaban J connectivity index is 1.86. The summed E-state index contributed by atoms with van der Waals surface area (Å²) in [7, 11) is 0. The van der Waals surface area contributed by atoms with Crippen molar-refractivity contribution in [3.8, 4) is 0 Å². The van der Waals surface area contributed by atoms with E-state index in [4.69, 9.17) is 0 Å². The van der Waals surface area contributed by atoms with Crippen LogP contribution in [-0.4, -0.2) is 45.6 Å². The van der Waals surface area contributed by atoms with Crippen molar-refractivity contribution in [1.82, 2.24) is 20.0 Å². The Kier molecular flexibility index (Phi) is 5.63. The van der Waals surface area contributed by atoms with Crippen molar-refractivity contribution < 1.29 is 14.0 Å². The van der Waals surface area contributed by atoms with Crippen molar-refractivity contribution in [2.45, 2.75) is 38.8 Å². The molecular formula is C21H25FN4O2. The molecular weight excluding hydrogens is 359 g/mol. The van der Waals surface area contributed by atoms with Gasteiger partial charge in [0.25, 0.3) is 5.91 Å². The molecule has 1 aliphatic heterocycles. The van der Waals surface area contributed by atoms with Crippen LogP contribution in [0.4, 0.5) is 4.39 Å². The number of aromatic nitrogens is 2. The Bertz CT molecular complexity index is 906. The normalized spacial score (nSPS) is 19.1. The average Bonchev–Trinajstić information content (AvgIpc) is 3.25. The minimum Gasteiger partial charge on any atom is -0.347 e. The van der Waals surface area contributed by atoms with Gasteiger partial charge in [-0.15, -0.1) is 0 Å². The van der Waals surface area contributed by atoms with Crippen molar-refractivity contribution in [1.29, 1.82) is 0 Å². The van der Waals surface area contributed by atoms with E-state index < -0.39 is 0 Å². The van der Waals surface area contributed by atoms with Gasteiger partial charge in [-0.05, 0) is 50.6 Å². The number of likely N-dealkylation sites (tertiary alicyclic amines) is 1. The van der Waals surface area contributed by atoms with Crippen LogP contribution >= 0.6 is 0 Å². The molecule has 6 nitrogen and oxygen atoms in total. The highest BCUT2D eigenvalue weighted by Crippen LogP contribution is 2.29. The molecule has 2 heterocycles. The molecule has 1 aliphatic rings. The monoisotopic (exact) mass is 384 g/mol. The SMILES string of the molecule is C=CC(=O)N[C@@H]1CN(C(=O)c2cc(C)n(C(C)C)n2)C[C@H]1c1cccc(F)c1. The molecule has 0 saturated carbocycles. The van der Waals surface area contributed by atoms with Gasteiger partial charge in [0.2, 0.25) is 5.91 Å². The molecule has 148 valence electrons. The first-order chi connectivity index (χ1) is 13.3. The molecule has 1 N–H and O–H groups in total. The van der Waals surface area contributed by atoms with Crippen LogP contribution in [0.1, 0.15) is 47.6 Å². The summed E-state index contributed by atoms with van der Waals surface area (Å²) in [6.45, 7) is 10.1. The van der Waals surface area contributed by atoms with Crippen LogP contribution in [0.25, 0.3) is 0 Å². The smallest absolute Gasteiger partial charge is 0.274 e. The molecule has 1 aromatic heterocycles. The van der Waals surface area contributed by atoms with Gasteiger partial charge in [0.05, 0.1) is 6.04 Å². The zero-order valence-corrected chi connectivity index (χ0v) is 16.4. The summed E-state index contributed by atoms with van der Waals surface area (Å²) in [5.74, 6) is -1.07. The Morgan fingerprint density at radius 3 is 2.68 bits per heavy atom. The van der Waals surface area contributed by atoms with E-state index in [0.29, 0.717) is 18.8 Å². The van der Waals surface area contributed by atoms with Gasteiger partial charge in [-0.25, -0.2) is 4.39 Å². The summed E-state index contributed by atoms with van der Waals surface area (Å²) in [6.07, 6.45) is 1.20. The van der Waals surface area contributed by atoms with E-state index in [-0.39, 0.29) is 35.6 Å². The van der Waals surface area contributed by atoms with E-state index in [0.717, 1.165) is 11.3 Å². The largest absolute Gasteiger partial charge is 0.347 e. The number of amides is 2. The number of halogens is 1. The average molecular weight is 384 g/mol. The molecule has 1 aromatic carbocycles. The van der Waals surface area contributed by atoms with Crippen molar-refractivity contribution in [3.05, 3.63) is 65.8 Å². The molecule has 1 fully saturated rings. The number of rotatable bonds is 5. The van der Waals surface area contributed by atoms with Crippen LogP contribution in [-0.2, 0) is 4.79 Å². The zero-order valence-electron chi connectivity index (χ0n) is 16.4. The third-order valence-corrected chi connectivity index (χ3v) is 5.03. The summed E-state index contributed by atoms with van der Waals surface area (Å²) < 4.78 is 15.5. The number of hydrogen-bond donors (Lipinski definition) is 1. The van der Waals surface area contributed by atoms with Crippen LogP contribution in [0.3, 0.4) is 0 Å².